The molecule has 0 saturated heterocycles. The molecule has 0 aromatic rings. The van der Waals surface area contributed by atoms with Gasteiger partial charge in [-0.1, -0.05) is 262 Å². The Labute approximate surface area is 410 Å². The highest BCUT2D eigenvalue weighted by Crippen LogP contribution is 2.17. The van der Waals surface area contributed by atoms with E-state index in [2.05, 4.69) is 67.8 Å². The van der Waals surface area contributed by atoms with Gasteiger partial charge in [-0.25, -0.2) is 0 Å². The molecule has 0 rings (SSSR count). The molecule has 0 fully saturated rings. The molecule has 6 heteroatoms. The predicted molar refractivity (Wildman–Crippen MR) is 287 cm³/mol. The normalized spacial score (nSPS) is 13.0. The molecule has 0 radical (unpaired) electrons. The molecular formula is C60H111NO5. The van der Waals surface area contributed by atoms with Crippen LogP contribution in [0.3, 0.4) is 0 Å². The van der Waals surface area contributed by atoms with Crippen molar-refractivity contribution in [3.05, 3.63) is 48.6 Å². The van der Waals surface area contributed by atoms with Crippen LogP contribution in [0, 0.1) is 0 Å². The first-order chi connectivity index (χ1) is 32.5. The molecule has 2 unspecified atom stereocenters. The molecule has 0 spiro atoms. The van der Waals surface area contributed by atoms with Crippen molar-refractivity contribution in [2.45, 2.75) is 309 Å². The number of hydrogen-bond donors (Lipinski definition) is 3. The van der Waals surface area contributed by atoms with Crippen LogP contribution in [0.5, 0.6) is 0 Å². The van der Waals surface area contributed by atoms with Crippen molar-refractivity contribution in [3.8, 4) is 0 Å². The van der Waals surface area contributed by atoms with Gasteiger partial charge in [0.05, 0.1) is 25.4 Å². The summed E-state index contributed by atoms with van der Waals surface area (Å²) in [6.45, 7) is 4.77. The summed E-state index contributed by atoms with van der Waals surface area (Å²) in [7, 11) is 0. The minimum atomic E-state index is -0.668. The Bertz CT molecular complexity index is 1110. The maximum Gasteiger partial charge on any atom is 0.305 e. The maximum absolute atomic E-state index is 12.5. The third kappa shape index (κ3) is 51.2. The number of aliphatic hydroxyl groups is 2. The van der Waals surface area contributed by atoms with E-state index >= 15 is 0 Å². The van der Waals surface area contributed by atoms with Gasteiger partial charge in [0.25, 0.3) is 0 Å². The van der Waals surface area contributed by atoms with Crippen molar-refractivity contribution < 1.29 is 24.5 Å². The summed E-state index contributed by atoms with van der Waals surface area (Å²) in [5.74, 6) is -0.0906. The van der Waals surface area contributed by atoms with E-state index in [1.54, 1.807) is 0 Å². The van der Waals surface area contributed by atoms with Crippen molar-refractivity contribution in [1.82, 2.24) is 5.32 Å². The molecule has 0 aliphatic rings. The van der Waals surface area contributed by atoms with Gasteiger partial charge in [-0.2, -0.15) is 0 Å². The van der Waals surface area contributed by atoms with Crippen molar-refractivity contribution in [2.24, 2.45) is 0 Å². The standard InChI is InChI=1S/C60H111NO5/c1-3-5-7-9-11-13-15-17-25-29-32-36-40-44-48-52-58(63)57(56-62)61-59(64)53-49-45-41-37-33-30-26-23-21-19-18-20-22-24-27-31-35-39-43-47-51-55-66-60(65)54-50-46-42-38-34-28-16-14-12-10-8-6-4-2/h8,10,14,16,31,35,43,47,57-58,62-63H,3-7,9,11-13,15,17-30,32-34,36-42,44-46,48-56H2,1-2H3,(H,61,64)/b10-8-,16-14-,35-31-,47-43-. The summed E-state index contributed by atoms with van der Waals surface area (Å²) in [5.41, 5.74) is 0. The topological polar surface area (TPSA) is 95.9 Å². The largest absolute Gasteiger partial charge is 0.465 e. The number of amides is 1. The third-order valence-electron chi connectivity index (χ3n) is 13.1. The number of esters is 1. The number of aliphatic hydroxyl groups excluding tert-OH is 2. The van der Waals surface area contributed by atoms with E-state index in [9.17, 15) is 19.8 Å². The molecule has 1 amide bonds. The van der Waals surface area contributed by atoms with Crippen LogP contribution < -0.4 is 5.32 Å². The summed E-state index contributed by atoms with van der Waals surface area (Å²) in [4.78, 5) is 24.5. The average molecular weight is 927 g/mol. The van der Waals surface area contributed by atoms with Crippen LogP contribution in [0.25, 0.3) is 0 Å². The Hall–Kier alpha value is -2.18. The lowest BCUT2D eigenvalue weighted by atomic mass is 10.0. The number of unbranched alkanes of at least 4 members (excludes halogenated alkanes) is 34. The number of allylic oxidation sites excluding steroid dienone is 7. The van der Waals surface area contributed by atoms with Gasteiger partial charge in [-0.05, 0) is 70.6 Å². The Kier molecular flexibility index (Phi) is 53.6. The average Bonchev–Trinajstić information content (AvgIpc) is 3.32. The highest BCUT2D eigenvalue weighted by molar-refractivity contribution is 5.76. The van der Waals surface area contributed by atoms with Crippen molar-refractivity contribution in [2.75, 3.05) is 13.2 Å². The van der Waals surface area contributed by atoms with Gasteiger partial charge < -0.3 is 20.3 Å². The molecule has 3 N–H and O–H groups in total. The van der Waals surface area contributed by atoms with Crippen LogP contribution in [-0.2, 0) is 14.3 Å². The van der Waals surface area contributed by atoms with E-state index in [-0.39, 0.29) is 18.5 Å². The zero-order chi connectivity index (χ0) is 47.9. The molecule has 6 nitrogen and oxygen atoms in total. The first-order valence-electron chi connectivity index (χ1n) is 28.9. The van der Waals surface area contributed by atoms with E-state index in [4.69, 9.17) is 4.74 Å². The Morgan fingerprint density at radius 3 is 1.21 bits per heavy atom. The minimum absolute atomic E-state index is 0.0396. The van der Waals surface area contributed by atoms with Crippen molar-refractivity contribution >= 4 is 11.9 Å². The number of ether oxygens (including phenoxy) is 1. The van der Waals surface area contributed by atoms with E-state index < -0.39 is 12.1 Å². The SMILES string of the molecule is CCC/C=C\C/C=C\CCCCCCCC(=O)OCC/C=C\C/C=C\CCCCCCCCCCCCCCCCC(=O)NC(CO)C(O)CCCCCCCCCCCCCCCCC. The Morgan fingerprint density at radius 2 is 0.788 bits per heavy atom. The lowest BCUT2D eigenvalue weighted by molar-refractivity contribution is -0.143. The van der Waals surface area contributed by atoms with E-state index in [1.165, 1.54) is 199 Å². The monoisotopic (exact) mass is 926 g/mol. The highest BCUT2D eigenvalue weighted by atomic mass is 16.5. The number of rotatable bonds is 53. The first kappa shape index (κ1) is 63.8. The van der Waals surface area contributed by atoms with Gasteiger partial charge in [0.1, 0.15) is 0 Å². The number of carbonyl (C=O) groups is 2. The summed E-state index contributed by atoms with van der Waals surface area (Å²) in [5, 5.41) is 23.3. The fourth-order valence-electron chi connectivity index (χ4n) is 8.69. The number of carbonyl (C=O) groups excluding carboxylic acids is 2. The van der Waals surface area contributed by atoms with Gasteiger partial charge in [0, 0.05) is 12.8 Å². The van der Waals surface area contributed by atoms with E-state index in [0.717, 1.165) is 64.2 Å². The van der Waals surface area contributed by atoms with Crippen LogP contribution >= 0.6 is 0 Å². The van der Waals surface area contributed by atoms with E-state index in [1.807, 2.05) is 0 Å². The fraction of sp³-hybridized carbons (Fsp3) is 0.833. The predicted octanol–water partition coefficient (Wildman–Crippen LogP) is 17.8. The molecular weight excluding hydrogens is 815 g/mol. The van der Waals surface area contributed by atoms with Gasteiger partial charge >= 0.3 is 5.97 Å². The van der Waals surface area contributed by atoms with E-state index in [0.29, 0.717) is 25.9 Å². The summed E-state index contributed by atoms with van der Waals surface area (Å²) in [6.07, 6.45) is 69.7. The van der Waals surface area contributed by atoms with Crippen LogP contribution in [-0.4, -0.2) is 47.4 Å². The van der Waals surface area contributed by atoms with Crippen LogP contribution in [0.4, 0.5) is 0 Å². The van der Waals surface area contributed by atoms with Crippen LogP contribution in [0.1, 0.15) is 296 Å². The van der Waals surface area contributed by atoms with Gasteiger partial charge in [-0.3, -0.25) is 9.59 Å². The second kappa shape index (κ2) is 55.4. The Balaban J connectivity index is 3.47. The van der Waals surface area contributed by atoms with Gasteiger partial charge in [-0.15, -0.1) is 0 Å². The zero-order valence-corrected chi connectivity index (χ0v) is 43.9. The van der Waals surface area contributed by atoms with Crippen molar-refractivity contribution in [1.29, 1.82) is 0 Å². The smallest absolute Gasteiger partial charge is 0.305 e. The zero-order valence-electron chi connectivity index (χ0n) is 43.9. The molecule has 66 heavy (non-hydrogen) atoms. The second-order valence-corrected chi connectivity index (χ2v) is 19.6. The lowest BCUT2D eigenvalue weighted by Gasteiger charge is -2.22. The van der Waals surface area contributed by atoms with Gasteiger partial charge in [0.2, 0.25) is 5.91 Å². The molecule has 0 saturated carbocycles. The molecule has 386 valence electrons. The summed E-state index contributed by atoms with van der Waals surface area (Å²) in [6, 6.07) is -0.546. The highest BCUT2D eigenvalue weighted by Gasteiger charge is 2.20. The third-order valence-corrected chi connectivity index (χ3v) is 13.1. The molecule has 0 aromatic heterocycles. The second-order valence-electron chi connectivity index (χ2n) is 19.6. The Morgan fingerprint density at radius 1 is 0.424 bits per heavy atom. The summed E-state index contributed by atoms with van der Waals surface area (Å²) >= 11 is 0. The first-order valence-corrected chi connectivity index (χ1v) is 28.9. The van der Waals surface area contributed by atoms with Crippen LogP contribution in [0.2, 0.25) is 0 Å². The van der Waals surface area contributed by atoms with Crippen molar-refractivity contribution in [3.63, 3.8) is 0 Å². The molecule has 0 aliphatic heterocycles. The minimum Gasteiger partial charge on any atom is -0.465 e. The van der Waals surface area contributed by atoms with Crippen LogP contribution in [0.15, 0.2) is 48.6 Å². The molecule has 0 heterocycles. The summed E-state index contributed by atoms with van der Waals surface area (Å²) < 4.78 is 5.40. The quantitative estimate of drug-likeness (QED) is 0.0321. The maximum atomic E-state index is 12.5. The number of nitrogens with one attached hydrogen (secondary N) is 1. The molecule has 0 bridgehead atoms. The number of hydrogen-bond acceptors (Lipinski definition) is 5. The van der Waals surface area contributed by atoms with Gasteiger partial charge in [0.15, 0.2) is 0 Å². The molecule has 2 atom stereocenters. The lowest BCUT2D eigenvalue weighted by Crippen LogP contribution is -2.45. The molecule has 0 aliphatic carbocycles. The molecule has 0 aromatic carbocycles. The fourth-order valence-corrected chi connectivity index (χ4v) is 8.69.